The SMILES string of the molecule is CCN(CC(=O)Nc1c(F)cccc1F)C(=O)CN(C)S(=O)(=O)c1ccc(C)cc1. The van der Waals surface area contributed by atoms with Crippen molar-refractivity contribution in [3.05, 3.63) is 59.7 Å². The molecule has 0 fully saturated rings. The number of halogens is 2. The van der Waals surface area contributed by atoms with Gasteiger partial charge in [-0.05, 0) is 38.1 Å². The van der Waals surface area contributed by atoms with Crippen LogP contribution in [0.25, 0.3) is 0 Å². The van der Waals surface area contributed by atoms with E-state index < -0.39 is 52.2 Å². The van der Waals surface area contributed by atoms with Gasteiger partial charge < -0.3 is 10.2 Å². The lowest BCUT2D eigenvalue weighted by molar-refractivity contribution is -0.134. The van der Waals surface area contributed by atoms with Crippen molar-refractivity contribution in [3.63, 3.8) is 0 Å². The summed E-state index contributed by atoms with van der Waals surface area (Å²) in [6.07, 6.45) is 0. The zero-order valence-corrected chi connectivity index (χ0v) is 17.7. The Labute approximate surface area is 174 Å². The van der Waals surface area contributed by atoms with Crippen molar-refractivity contribution < 1.29 is 26.8 Å². The van der Waals surface area contributed by atoms with Gasteiger partial charge in [0, 0.05) is 13.6 Å². The molecule has 0 spiro atoms. The topological polar surface area (TPSA) is 86.8 Å². The Morgan fingerprint density at radius 3 is 2.10 bits per heavy atom. The van der Waals surface area contributed by atoms with Crippen LogP contribution in [0.3, 0.4) is 0 Å². The first-order valence-electron chi connectivity index (χ1n) is 9.11. The molecule has 2 amide bonds. The molecule has 2 aromatic rings. The van der Waals surface area contributed by atoms with E-state index in [2.05, 4.69) is 5.32 Å². The van der Waals surface area contributed by atoms with Gasteiger partial charge in [-0.2, -0.15) is 4.31 Å². The van der Waals surface area contributed by atoms with E-state index in [1.54, 1.807) is 19.1 Å². The van der Waals surface area contributed by atoms with Crippen molar-refractivity contribution >= 4 is 27.5 Å². The Morgan fingerprint density at radius 2 is 1.57 bits per heavy atom. The third kappa shape index (κ3) is 5.61. The largest absolute Gasteiger partial charge is 0.333 e. The van der Waals surface area contributed by atoms with Crippen LogP contribution in [-0.2, 0) is 19.6 Å². The van der Waals surface area contributed by atoms with Crippen LogP contribution in [0.15, 0.2) is 47.4 Å². The van der Waals surface area contributed by atoms with Gasteiger partial charge in [0.2, 0.25) is 21.8 Å². The third-order valence-corrected chi connectivity index (χ3v) is 6.20. The molecule has 0 saturated carbocycles. The van der Waals surface area contributed by atoms with Crippen molar-refractivity contribution in [1.29, 1.82) is 0 Å². The lowest BCUT2D eigenvalue weighted by Gasteiger charge is -2.24. The minimum Gasteiger partial charge on any atom is -0.333 e. The number of rotatable bonds is 8. The van der Waals surface area contributed by atoms with E-state index in [1.807, 2.05) is 6.92 Å². The molecule has 0 saturated heterocycles. The normalized spacial score (nSPS) is 11.4. The van der Waals surface area contributed by atoms with Gasteiger partial charge in [-0.25, -0.2) is 17.2 Å². The third-order valence-electron chi connectivity index (χ3n) is 4.38. The zero-order chi connectivity index (χ0) is 22.5. The molecular formula is C20H23F2N3O4S. The van der Waals surface area contributed by atoms with Crippen LogP contribution < -0.4 is 5.32 Å². The molecule has 0 aromatic heterocycles. The number of nitrogens with zero attached hydrogens (tertiary/aromatic N) is 2. The fraction of sp³-hybridized carbons (Fsp3) is 0.300. The molecular weight excluding hydrogens is 416 g/mol. The average Bonchev–Trinajstić information content (AvgIpc) is 2.69. The quantitative estimate of drug-likeness (QED) is 0.684. The van der Waals surface area contributed by atoms with Gasteiger partial charge in [-0.3, -0.25) is 9.59 Å². The van der Waals surface area contributed by atoms with Crippen molar-refractivity contribution in [2.24, 2.45) is 0 Å². The van der Waals surface area contributed by atoms with E-state index in [0.717, 1.165) is 33.0 Å². The van der Waals surface area contributed by atoms with Gasteiger partial charge >= 0.3 is 0 Å². The van der Waals surface area contributed by atoms with Gasteiger partial charge in [-0.1, -0.05) is 23.8 Å². The lowest BCUT2D eigenvalue weighted by Crippen LogP contribution is -2.44. The monoisotopic (exact) mass is 439 g/mol. The maximum atomic E-state index is 13.7. The minimum absolute atomic E-state index is 0.0409. The highest BCUT2D eigenvalue weighted by Crippen LogP contribution is 2.18. The summed E-state index contributed by atoms with van der Waals surface area (Å²) >= 11 is 0. The number of hydrogen-bond donors (Lipinski definition) is 1. The van der Waals surface area contributed by atoms with Gasteiger partial charge in [0.1, 0.15) is 17.3 Å². The number of aryl methyl sites for hydroxylation is 1. The number of amides is 2. The molecule has 0 unspecified atom stereocenters. The molecule has 0 bridgehead atoms. The second-order valence-corrected chi connectivity index (χ2v) is 8.67. The Balaban J connectivity index is 2.05. The van der Waals surface area contributed by atoms with Crippen LogP contribution in [0.4, 0.5) is 14.5 Å². The van der Waals surface area contributed by atoms with E-state index in [4.69, 9.17) is 0 Å². The van der Waals surface area contributed by atoms with Crippen molar-refractivity contribution in [3.8, 4) is 0 Å². The molecule has 0 aliphatic heterocycles. The van der Waals surface area contributed by atoms with Gasteiger partial charge in [0.25, 0.3) is 0 Å². The van der Waals surface area contributed by atoms with Crippen LogP contribution >= 0.6 is 0 Å². The predicted molar refractivity (Wildman–Crippen MR) is 108 cm³/mol. The van der Waals surface area contributed by atoms with Gasteiger partial charge in [0.15, 0.2) is 0 Å². The highest BCUT2D eigenvalue weighted by molar-refractivity contribution is 7.89. The molecule has 0 aliphatic rings. The maximum Gasteiger partial charge on any atom is 0.244 e. The first-order chi connectivity index (χ1) is 14.1. The molecule has 10 heteroatoms. The molecule has 2 aromatic carbocycles. The van der Waals surface area contributed by atoms with Crippen molar-refractivity contribution in [2.45, 2.75) is 18.7 Å². The van der Waals surface area contributed by atoms with Crippen LogP contribution in [0, 0.1) is 18.6 Å². The molecule has 1 N–H and O–H groups in total. The second kappa shape index (κ2) is 9.77. The summed E-state index contributed by atoms with van der Waals surface area (Å²) in [6, 6.07) is 9.32. The molecule has 0 heterocycles. The number of benzene rings is 2. The van der Waals surface area contributed by atoms with E-state index in [0.29, 0.717) is 0 Å². The van der Waals surface area contributed by atoms with Gasteiger partial charge in [-0.15, -0.1) is 0 Å². The molecule has 162 valence electrons. The standard InChI is InChI=1S/C20H23F2N3O4S/c1-4-25(12-18(26)23-20-16(21)6-5-7-17(20)22)19(27)13-24(3)30(28,29)15-10-8-14(2)9-11-15/h5-11H,4,12-13H2,1-3H3,(H,23,26). The molecule has 2 rings (SSSR count). The number of para-hydroxylation sites is 1. The molecule has 0 atom stereocenters. The predicted octanol–water partition coefficient (Wildman–Crippen LogP) is 2.38. The zero-order valence-electron chi connectivity index (χ0n) is 16.9. The summed E-state index contributed by atoms with van der Waals surface area (Å²) in [4.78, 5) is 25.8. The Kier molecular flexibility index (Phi) is 7.63. The number of likely N-dealkylation sites (N-methyl/N-ethyl adjacent to an activating group) is 2. The molecule has 0 radical (unpaired) electrons. The maximum absolute atomic E-state index is 13.7. The highest BCUT2D eigenvalue weighted by atomic mass is 32.2. The first-order valence-corrected chi connectivity index (χ1v) is 10.5. The number of sulfonamides is 1. The number of carbonyl (C=O) groups is 2. The summed E-state index contributed by atoms with van der Waals surface area (Å²) in [5, 5.41) is 2.10. The second-order valence-electron chi connectivity index (χ2n) is 6.63. The fourth-order valence-corrected chi connectivity index (χ4v) is 3.73. The summed E-state index contributed by atoms with van der Waals surface area (Å²) in [5.41, 5.74) is 0.284. The summed E-state index contributed by atoms with van der Waals surface area (Å²) in [5.74, 6) is -3.32. The van der Waals surface area contributed by atoms with E-state index in [9.17, 15) is 26.8 Å². The summed E-state index contributed by atoms with van der Waals surface area (Å²) in [6.45, 7) is 2.54. The smallest absolute Gasteiger partial charge is 0.244 e. The molecule has 30 heavy (non-hydrogen) atoms. The summed E-state index contributed by atoms with van der Waals surface area (Å²) < 4.78 is 53.5. The van der Waals surface area contributed by atoms with E-state index >= 15 is 0 Å². The van der Waals surface area contributed by atoms with Crippen molar-refractivity contribution in [1.82, 2.24) is 9.21 Å². The Hall–Kier alpha value is -2.85. The fourth-order valence-electron chi connectivity index (χ4n) is 2.61. The molecule has 0 aliphatic carbocycles. The lowest BCUT2D eigenvalue weighted by atomic mass is 10.2. The Morgan fingerprint density at radius 1 is 1.00 bits per heavy atom. The number of nitrogens with one attached hydrogen (secondary N) is 1. The number of hydrogen-bond acceptors (Lipinski definition) is 4. The van der Waals surface area contributed by atoms with Gasteiger partial charge in [0.05, 0.1) is 18.0 Å². The minimum atomic E-state index is -3.89. The first kappa shape index (κ1) is 23.4. The van der Waals surface area contributed by atoms with Crippen molar-refractivity contribution in [2.75, 3.05) is 32.0 Å². The highest BCUT2D eigenvalue weighted by Gasteiger charge is 2.26. The average molecular weight is 439 g/mol. The summed E-state index contributed by atoms with van der Waals surface area (Å²) in [7, 11) is -2.64. The van der Waals surface area contributed by atoms with Crippen LogP contribution in [-0.4, -0.2) is 56.1 Å². The number of carbonyl (C=O) groups excluding carboxylic acids is 2. The Bertz CT molecular complexity index is 1010. The molecule has 7 nitrogen and oxygen atoms in total. The number of anilines is 1. The van der Waals surface area contributed by atoms with E-state index in [1.165, 1.54) is 19.2 Å². The van der Waals surface area contributed by atoms with E-state index in [-0.39, 0.29) is 11.4 Å². The van der Waals surface area contributed by atoms with Crippen LogP contribution in [0.1, 0.15) is 12.5 Å². The van der Waals surface area contributed by atoms with Crippen LogP contribution in [0.5, 0.6) is 0 Å². The van der Waals surface area contributed by atoms with Crippen LogP contribution in [0.2, 0.25) is 0 Å².